The minimum Gasteiger partial charge on any atom is -0.490 e. The number of benzene rings is 2. The van der Waals surface area contributed by atoms with E-state index in [4.69, 9.17) is 26.8 Å². The zero-order valence-corrected chi connectivity index (χ0v) is 15.9. The van der Waals surface area contributed by atoms with Gasteiger partial charge >= 0.3 is 0 Å². The van der Waals surface area contributed by atoms with E-state index in [2.05, 4.69) is 5.32 Å². The number of hydrogen-bond acceptors (Lipinski definition) is 4. The quantitative estimate of drug-likeness (QED) is 0.694. The number of amides is 1. The molecule has 1 amide bonds. The minimum atomic E-state index is -0.283. The fraction of sp³-hybridized carbons (Fsp3) is 0.350. The van der Waals surface area contributed by atoms with Crippen molar-refractivity contribution in [3.05, 3.63) is 58.6 Å². The van der Waals surface area contributed by atoms with Gasteiger partial charge in [-0.3, -0.25) is 4.79 Å². The molecule has 2 aromatic carbocycles. The smallest absolute Gasteiger partial charge is 0.251 e. The number of hydrogen-bond donors (Lipinski definition) is 2. The van der Waals surface area contributed by atoms with Gasteiger partial charge in [0.05, 0.1) is 18.2 Å². The Morgan fingerprint density at radius 3 is 2.58 bits per heavy atom. The number of ether oxygens (including phenoxy) is 2. The Labute approximate surface area is 159 Å². The van der Waals surface area contributed by atoms with Crippen LogP contribution in [0.2, 0.25) is 5.02 Å². The molecule has 3 N–H and O–H groups in total. The molecule has 1 unspecified atom stereocenters. The summed E-state index contributed by atoms with van der Waals surface area (Å²) in [6.07, 6.45) is 0.849. The van der Waals surface area contributed by atoms with Crippen molar-refractivity contribution in [2.45, 2.75) is 26.3 Å². The molecule has 1 atom stereocenters. The largest absolute Gasteiger partial charge is 0.490 e. The maximum absolute atomic E-state index is 12.5. The number of carbonyl (C=O) groups is 1. The van der Waals surface area contributed by atoms with E-state index in [0.717, 1.165) is 12.0 Å². The van der Waals surface area contributed by atoms with E-state index < -0.39 is 0 Å². The zero-order valence-electron chi connectivity index (χ0n) is 15.1. The van der Waals surface area contributed by atoms with Crippen LogP contribution in [-0.2, 0) is 0 Å². The summed E-state index contributed by atoms with van der Waals surface area (Å²) >= 11 is 6.30. The Morgan fingerprint density at radius 2 is 1.92 bits per heavy atom. The summed E-state index contributed by atoms with van der Waals surface area (Å²) in [6.45, 7) is 5.16. The van der Waals surface area contributed by atoms with E-state index in [9.17, 15) is 4.79 Å². The summed E-state index contributed by atoms with van der Waals surface area (Å²) in [5.41, 5.74) is 7.49. The molecule has 0 aromatic heterocycles. The molecule has 0 saturated heterocycles. The van der Waals surface area contributed by atoms with Crippen molar-refractivity contribution >= 4 is 17.5 Å². The summed E-state index contributed by atoms with van der Waals surface area (Å²) in [5.74, 6) is 0.667. The van der Waals surface area contributed by atoms with Crippen LogP contribution >= 0.6 is 11.6 Å². The monoisotopic (exact) mass is 376 g/mol. The van der Waals surface area contributed by atoms with Gasteiger partial charge in [-0.15, -0.1) is 0 Å². The van der Waals surface area contributed by atoms with Crippen LogP contribution in [0.3, 0.4) is 0 Å². The van der Waals surface area contributed by atoms with Crippen LogP contribution in [0.1, 0.15) is 42.2 Å². The topological polar surface area (TPSA) is 73.6 Å². The Hall–Kier alpha value is -2.24. The standard InChI is InChI=1S/C20H25ClN2O3/c1-3-10-26-19-16(21)11-15(12-18(19)25-4-2)20(24)23-13-17(22)14-8-6-5-7-9-14/h5-9,11-12,17H,3-4,10,13,22H2,1-2H3,(H,23,24). The highest BCUT2D eigenvalue weighted by Crippen LogP contribution is 2.36. The fourth-order valence-electron chi connectivity index (χ4n) is 2.43. The van der Waals surface area contributed by atoms with Gasteiger partial charge in [-0.2, -0.15) is 0 Å². The van der Waals surface area contributed by atoms with E-state index in [1.807, 2.05) is 44.2 Å². The molecule has 0 radical (unpaired) electrons. The average Bonchev–Trinajstić information content (AvgIpc) is 2.66. The lowest BCUT2D eigenvalue weighted by molar-refractivity contribution is 0.0950. The van der Waals surface area contributed by atoms with Gasteiger partial charge < -0.3 is 20.5 Å². The predicted octanol–water partition coefficient (Wildman–Crippen LogP) is 3.96. The average molecular weight is 377 g/mol. The molecule has 0 spiro atoms. The van der Waals surface area contributed by atoms with Crippen molar-refractivity contribution in [2.24, 2.45) is 5.73 Å². The lowest BCUT2D eigenvalue weighted by Gasteiger charge is -2.16. The van der Waals surface area contributed by atoms with Crippen molar-refractivity contribution in [3.8, 4) is 11.5 Å². The Balaban J connectivity index is 2.10. The Bertz CT molecular complexity index is 722. The van der Waals surface area contributed by atoms with Crippen LogP contribution in [0.15, 0.2) is 42.5 Å². The second-order valence-corrected chi connectivity index (χ2v) is 6.20. The fourth-order valence-corrected chi connectivity index (χ4v) is 2.69. The van der Waals surface area contributed by atoms with E-state index in [1.54, 1.807) is 12.1 Å². The number of rotatable bonds is 9. The number of halogens is 1. The molecular weight excluding hydrogens is 352 g/mol. The van der Waals surface area contributed by atoms with Crippen molar-refractivity contribution in [1.29, 1.82) is 0 Å². The van der Waals surface area contributed by atoms with E-state index in [-0.39, 0.29) is 11.9 Å². The van der Waals surface area contributed by atoms with Gasteiger partial charge in [0.1, 0.15) is 0 Å². The van der Waals surface area contributed by atoms with E-state index in [1.165, 1.54) is 0 Å². The van der Waals surface area contributed by atoms with Gasteiger partial charge in [0.25, 0.3) is 5.91 Å². The van der Waals surface area contributed by atoms with Gasteiger partial charge in [-0.05, 0) is 31.0 Å². The van der Waals surface area contributed by atoms with Crippen LogP contribution < -0.4 is 20.5 Å². The Morgan fingerprint density at radius 1 is 1.19 bits per heavy atom. The second kappa shape index (κ2) is 10.0. The highest BCUT2D eigenvalue weighted by Gasteiger charge is 2.17. The molecule has 140 valence electrons. The first-order valence-electron chi connectivity index (χ1n) is 8.74. The summed E-state index contributed by atoms with van der Waals surface area (Å²) in [7, 11) is 0. The lowest BCUT2D eigenvalue weighted by Crippen LogP contribution is -2.31. The molecule has 6 heteroatoms. The number of nitrogens with one attached hydrogen (secondary N) is 1. The van der Waals surface area contributed by atoms with Crippen molar-refractivity contribution in [2.75, 3.05) is 19.8 Å². The van der Waals surface area contributed by atoms with Gasteiger partial charge in [-0.1, -0.05) is 48.9 Å². The molecule has 0 heterocycles. The first-order valence-corrected chi connectivity index (χ1v) is 9.12. The summed E-state index contributed by atoms with van der Waals surface area (Å²) in [4.78, 5) is 12.5. The molecule has 0 fully saturated rings. The van der Waals surface area contributed by atoms with Gasteiger partial charge in [-0.25, -0.2) is 0 Å². The normalized spacial score (nSPS) is 11.7. The molecule has 0 aliphatic rings. The van der Waals surface area contributed by atoms with Crippen LogP contribution in [-0.4, -0.2) is 25.7 Å². The predicted molar refractivity (Wildman–Crippen MR) is 104 cm³/mol. The van der Waals surface area contributed by atoms with Crippen molar-refractivity contribution in [1.82, 2.24) is 5.32 Å². The van der Waals surface area contributed by atoms with Crippen molar-refractivity contribution in [3.63, 3.8) is 0 Å². The number of carbonyl (C=O) groups excluding carboxylic acids is 1. The molecule has 26 heavy (non-hydrogen) atoms. The number of nitrogens with two attached hydrogens (primary N) is 1. The van der Waals surface area contributed by atoms with E-state index >= 15 is 0 Å². The zero-order chi connectivity index (χ0) is 18.9. The summed E-state index contributed by atoms with van der Waals surface area (Å²) < 4.78 is 11.2. The maximum atomic E-state index is 12.5. The minimum absolute atomic E-state index is 0.263. The van der Waals surface area contributed by atoms with Crippen LogP contribution in [0.5, 0.6) is 11.5 Å². The molecule has 0 aliphatic heterocycles. The molecule has 2 rings (SSSR count). The first kappa shape index (κ1) is 20.1. The van der Waals surface area contributed by atoms with Crippen LogP contribution in [0.25, 0.3) is 0 Å². The molecule has 0 saturated carbocycles. The molecular formula is C20H25ClN2O3. The van der Waals surface area contributed by atoms with E-state index in [0.29, 0.717) is 41.8 Å². The highest BCUT2D eigenvalue weighted by atomic mass is 35.5. The highest BCUT2D eigenvalue weighted by molar-refractivity contribution is 6.32. The third kappa shape index (κ3) is 5.38. The summed E-state index contributed by atoms with van der Waals surface area (Å²) in [6, 6.07) is 12.6. The molecule has 0 aliphatic carbocycles. The summed E-state index contributed by atoms with van der Waals surface area (Å²) in [5, 5.41) is 3.19. The molecule has 2 aromatic rings. The second-order valence-electron chi connectivity index (χ2n) is 5.79. The van der Waals surface area contributed by atoms with Crippen LogP contribution in [0, 0.1) is 0 Å². The van der Waals surface area contributed by atoms with Gasteiger partial charge in [0.2, 0.25) is 0 Å². The SMILES string of the molecule is CCCOc1c(Cl)cc(C(=O)NCC(N)c2ccccc2)cc1OCC. The molecule has 0 bridgehead atoms. The third-order valence-electron chi connectivity index (χ3n) is 3.73. The van der Waals surface area contributed by atoms with Crippen molar-refractivity contribution < 1.29 is 14.3 Å². The van der Waals surface area contributed by atoms with Crippen LogP contribution in [0.4, 0.5) is 0 Å². The third-order valence-corrected chi connectivity index (χ3v) is 4.01. The van der Waals surface area contributed by atoms with Gasteiger partial charge in [0.15, 0.2) is 11.5 Å². The van der Waals surface area contributed by atoms with Gasteiger partial charge in [0, 0.05) is 18.2 Å². The first-order chi connectivity index (χ1) is 12.6. The lowest BCUT2D eigenvalue weighted by atomic mass is 10.1. The Kier molecular flexibility index (Phi) is 7.75. The molecule has 5 nitrogen and oxygen atoms in total. The maximum Gasteiger partial charge on any atom is 0.251 e.